The Morgan fingerprint density at radius 3 is 2.58 bits per heavy atom. The number of hydrogen-bond donors (Lipinski definition) is 2. The highest BCUT2D eigenvalue weighted by atomic mass is 35.5. The van der Waals surface area contributed by atoms with Crippen molar-refractivity contribution in [2.75, 3.05) is 25.6 Å². The van der Waals surface area contributed by atoms with E-state index in [0.29, 0.717) is 28.1 Å². The van der Waals surface area contributed by atoms with Crippen LogP contribution in [0, 0.1) is 0 Å². The van der Waals surface area contributed by atoms with Crippen molar-refractivity contribution in [3.05, 3.63) is 69.7 Å². The van der Waals surface area contributed by atoms with Gasteiger partial charge in [-0.15, -0.1) is 0 Å². The van der Waals surface area contributed by atoms with Crippen LogP contribution in [0.3, 0.4) is 0 Å². The molecule has 13 heteroatoms. The second kappa shape index (κ2) is 10.3. The average Bonchev–Trinajstić information content (AvgIpc) is 2.90. The largest absolute Gasteiger partial charge is 0.433 e. The zero-order valence-corrected chi connectivity index (χ0v) is 20.8. The standard InChI is InChI=1S/C25H22ClF3N6O3/c1-31-24-32-9-14-7-17(23(36)35(22(14)34-24)10-21-37-11-15(30)12-38-21)16-6-5-13(8-18(16)26)19-3-2-4-20(33-19)25(27,28)29/h2-9,15,21H,10-12,30H2,1H3,(H,31,32,34). The number of nitrogens with two attached hydrogens (primary N) is 1. The van der Waals surface area contributed by atoms with E-state index in [1.807, 2.05) is 0 Å². The molecule has 0 bridgehead atoms. The first-order valence-electron chi connectivity index (χ1n) is 11.6. The number of nitrogens with zero attached hydrogens (tertiary/aromatic N) is 4. The van der Waals surface area contributed by atoms with Crippen LogP contribution in [0.25, 0.3) is 33.4 Å². The van der Waals surface area contributed by atoms with E-state index >= 15 is 0 Å². The van der Waals surface area contributed by atoms with E-state index in [2.05, 4.69) is 20.3 Å². The Labute approximate surface area is 219 Å². The molecule has 0 aliphatic carbocycles. The molecule has 9 nitrogen and oxygen atoms in total. The molecule has 4 heterocycles. The maximum absolute atomic E-state index is 13.7. The number of anilines is 1. The predicted molar refractivity (Wildman–Crippen MR) is 136 cm³/mol. The van der Waals surface area contributed by atoms with Crippen molar-refractivity contribution in [1.82, 2.24) is 19.5 Å². The van der Waals surface area contributed by atoms with Crippen molar-refractivity contribution in [2.45, 2.75) is 25.1 Å². The van der Waals surface area contributed by atoms with Crippen molar-refractivity contribution in [2.24, 2.45) is 5.73 Å². The molecule has 0 radical (unpaired) electrons. The highest BCUT2D eigenvalue weighted by Crippen LogP contribution is 2.33. The van der Waals surface area contributed by atoms with E-state index in [9.17, 15) is 18.0 Å². The van der Waals surface area contributed by atoms with Crippen molar-refractivity contribution in [3.8, 4) is 22.4 Å². The lowest BCUT2D eigenvalue weighted by Crippen LogP contribution is -2.43. The Balaban J connectivity index is 1.59. The quantitative estimate of drug-likeness (QED) is 0.387. The summed E-state index contributed by atoms with van der Waals surface area (Å²) in [7, 11) is 1.66. The molecule has 1 saturated heterocycles. The highest BCUT2D eigenvalue weighted by Gasteiger charge is 2.32. The Hall–Kier alpha value is -3.58. The van der Waals surface area contributed by atoms with Gasteiger partial charge in [0.05, 0.1) is 31.5 Å². The van der Waals surface area contributed by atoms with Crippen LogP contribution in [0.2, 0.25) is 5.02 Å². The van der Waals surface area contributed by atoms with Crippen LogP contribution in [0.4, 0.5) is 19.1 Å². The normalized spacial score (nSPS) is 18.1. The number of aromatic nitrogens is 4. The van der Waals surface area contributed by atoms with Crippen LogP contribution in [0.1, 0.15) is 5.69 Å². The summed E-state index contributed by atoms with van der Waals surface area (Å²) < 4.78 is 52.1. The minimum Gasteiger partial charge on any atom is -0.357 e. The Morgan fingerprint density at radius 1 is 1.13 bits per heavy atom. The fourth-order valence-electron chi connectivity index (χ4n) is 4.10. The molecule has 4 aromatic rings. The topological polar surface area (TPSA) is 117 Å². The monoisotopic (exact) mass is 546 g/mol. The number of rotatable bonds is 5. The van der Waals surface area contributed by atoms with Crippen LogP contribution in [-0.4, -0.2) is 52.1 Å². The number of hydrogen-bond acceptors (Lipinski definition) is 8. The number of nitrogens with one attached hydrogen (secondary N) is 1. The van der Waals surface area contributed by atoms with E-state index < -0.39 is 23.7 Å². The highest BCUT2D eigenvalue weighted by molar-refractivity contribution is 6.33. The average molecular weight is 547 g/mol. The SMILES string of the molecule is CNc1ncc2cc(-c3ccc(-c4cccc(C(F)(F)F)n4)cc3Cl)c(=O)n(CC3OCC(N)CO3)c2n1. The second-order valence-electron chi connectivity index (χ2n) is 8.65. The van der Waals surface area contributed by atoms with E-state index in [4.69, 9.17) is 26.8 Å². The Bertz CT molecular complexity index is 1550. The zero-order valence-electron chi connectivity index (χ0n) is 20.0. The van der Waals surface area contributed by atoms with Crippen molar-refractivity contribution < 1.29 is 22.6 Å². The van der Waals surface area contributed by atoms with Gasteiger partial charge in [-0.1, -0.05) is 29.8 Å². The van der Waals surface area contributed by atoms with Crippen LogP contribution in [0.5, 0.6) is 0 Å². The minimum absolute atomic E-state index is 0.0416. The molecule has 5 rings (SSSR count). The molecule has 0 saturated carbocycles. The third kappa shape index (κ3) is 5.20. The van der Waals surface area contributed by atoms with Crippen LogP contribution in [-0.2, 0) is 22.2 Å². The number of halogens is 4. The molecule has 198 valence electrons. The van der Waals surface area contributed by atoms with Crippen molar-refractivity contribution in [1.29, 1.82) is 0 Å². The van der Waals surface area contributed by atoms with Gasteiger partial charge in [0.1, 0.15) is 11.3 Å². The van der Waals surface area contributed by atoms with Crippen LogP contribution in [0.15, 0.2) is 53.5 Å². The summed E-state index contributed by atoms with van der Waals surface area (Å²) in [5, 5.41) is 3.57. The van der Waals surface area contributed by atoms with Gasteiger partial charge in [0.2, 0.25) is 5.95 Å². The van der Waals surface area contributed by atoms with Gasteiger partial charge in [0, 0.05) is 40.3 Å². The maximum atomic E-state index is 13.7. The van der Waals surface area contributed by atoms with Gasteiger partial charge in [-0.05, 0) is 24.3 Å². The number of ether oxygens (including phenoxy) is 2. The first kappa shape index (κ1) is 26.0. The fraction of sp³-hybridized carbons (Fsp3) is 0.280. The molecule has 3 N–H and O–H groups in total. The predicted octanol–water partition coefficient (Wildman–Crippen LogP) is 3.93. The number of fused-ring (bicyclic) bond motifs is 1. The van der Waals surface area contributed by atoms with Gasteiger partial charge in [0.15, 0.2) is 6.29 Å². The Morgan fingerprint density at radius 2 is 1.89 bits per heavy atom. The van der Waals surface area contributed by atoms with Gasteiger partial charge in [-0.25, -0.2) is 9.97 Å². The van der Waals surface area contributed by atoms with E-state index in [0.717, 1.165) is 6.07 Å². The van der Waals surface area contributed by atoms with Gasteiger partial charge < -0.3 is 20.5 Å². The summed E-state index contributed by atoms with van der Waals surface area (Å²) in [5.41, 5.74) is 5.87. The molecule has 0 spiro atoms. The minimum atomic E-state index is -4.58. The summed E-state index contributed by atoms with van der Waals surface area (Å²) in [5.74, 6) is 0.321. The smallest absolute Gasteiger partial charge is 0.357 e. The molecule has 1 aromatic carbocycles. The molecular formula is C25H22ClF3N6O3. The summed E-state index contributed by atoms with van der Waals surface area (Å²) >= 11 is 6.57. The van der Waals surface area contributed by atoms with Crippen molar-refractivity contribution >= 4 is 28.6 Å². The summed E-state index contributed by atoms with van der Waals surface area (Å²) in [6.45, 7) is 0.606. The summed E-state index contributed by atoms with van der Waals surface area (Å²) in [6.07, 6.45) is -3.73. The molecule has 1 aliphatic heterocycles. The summed E-state index contributed by atoms with van der Waals surface area (Å²) in [4.78, 5) is 26.1. The lowest BCUT2D eigenvalue weighted by Gasteiger charge is -2.28. The number of benzene rings is 1. The van der Waals surface area contributed by atoms with E-state index in [1.54, 1.807) is 31.4 Å². The van der Waals surface area contributed by atoms with Crippen LogP contribution < -0.4 is 16.6 Å². The summed E-state index contributed by atoms with van der Waals surface area (Å²) in [6, 6.07) is 9.60. The van der Waals surface area contributed by atoms with Gasteiger partial charge >= 0.3 is 6.18 Å². The zero-order chi connectivity index (χ0) is 27.0. The third-order valence-electron chi connectivity index (χ3n) is 5.97. The molecule has 0 atom stereocenters. The Kier molecular flexibility index (Phi) is 7.05. The van der Waals surface area contributed by atoms with Gasteiger partial charge in [-0.2, -0.15) is 18.2 Å². The molecular weight excluding hydrogens is 525 g/mol. The lowest BCUT2D eigenvalue weighted by atomic mass is 10.0. The maximum Gasteiger partial charge on any atom is 0.433 e. The fourth-order valence-corrected chi connectivity index (χ4v) is 4.38. The molecule has 1 fully saturated rings. The number of alkyl halides is 3. The lowest BCUT2D eigenvalue weighted by molar-refractivity contribution is -0.191. The number of pyridine rings is 2. The first-order chi connectivity index (χ1) is 18.1. The van der Waals surface area contributed by atoms with Crippen molar-refractivity contribution in [3.63, 3.8) is 0 Å². The van der Waals surface area contributed by atoms with Gasteiger partial charge in [-0.3, -0.25) is 9.36 Å². The molecule has 0 amide bonds. The molecule has 38 heavy (non-hydrogen) atoms. The molecule has 0 unspecified atom stereocenters. The first-order valence-corrected chi connectivity index (χ1v) is 11.9. The third-order valence-corrected chi connectivity index (χ3v) is 6.28. The van der Waals surface area contributed by atoms with E-state index in [-0.39, 0.29) is 42.1 Å². The van der Waals surface area contributed by atoms with Gasteiger partial charge in [0.25, 0.3) is 5.56 Å². The molecule has 1 aliphatic rings. The second-order valence-corrected chi connectivity index (χ2v) is 9.06. The van der Waals surface area contributed by atoms with Crippen LogP contribution >= 0.6 is 11.6 Å². The molecule has 3 aromatic heterocycles. The van der Waals surface area contributed by atoms with E-state index in [1.165, 1.54) is 22.8 Å².